The fraction of sp³-hybridized carbons (Fsp3) is 0.375. The normalized spacial score (nSPS) is 12.3. The summed E-state index contributed by atoms with van der Waals surface area (Å²) in [7, 11) is 3.00. The number of methoxy groups -OCH3 is 2. The lowest BCUT2D eigenvalue weighted by molar-refractivity contribution is -0.117. The molecule has 1 rings (SSSR count). The average Bonchev–Trinajstić information content (AvgIpc) is 2.52. The first-order valence-corrected chi connectivity index (χ1v) is 7.18. The number of nitrogens with zero attached hydrogens (tertiary/aromatic N) is 1. The van der Waals surface area contributed by atoms with E-state index in [4.69, 9.17) is 21.1 Å². The van der Waals surface area contributed by atoms with Crippen molar-refractivity contribution in [3.63, 3.8) is 0 Å². The molecule has 0 bridgehead atoms. The molecule has 1 N–H and O–H groups in total. The van der Waals surface area contributed by atoms with Gasteiger partial charge in [0.1, 0.15) is 11.6 Å². The molecule has 0 aliphatic carbocycles. The Balaban J connectivity index is 3.18. The van der Waals surface area contributed by atoms with E-state index in [0.717, 1.165) is 6.42 Å². The maximum absolute atomic E-state index is 12.0. The van der Waals surface area contributed by atoms with Crippen molar-refractivity contribution in [3.8, 4) is 17.6 Å². The third-order valence-corrected chi connectivity index (χ3v) is 3.48. The van der Waals surface area contributed by atoms with Crippen LogP contribution in [0, 0.1) is 11.3 Å². The molecule has 0 fully saturated rings. The van der Waals surface area contributed by atoms with Crippen LogP contribution in [0.1, 0.15) is 25.8 Å². The Morgan fingerprint density at radius 3 is 2.50 bits per heavy atom. The van der Waals surface area contributed by atoms with Gasteiger partial charge in [0.15, 0.2) is 11.5 Å². The first-order valence-electron chi connectivity index (χ1n) is 6.80. The van der Waals surface area contributed by atoms with Crippen molar-refractivity contribution in [2.75, 3.05) is 14.2 Å². The van der Waals surface area contributed by atoms with Crippen LogP contribution in [0.25, 0.3) is 6.08 Å². The lowest BCUT2D eigenvalue weighted by Crippen LogP contribution is -2.32. The van der Waals surface area contributed by atoms with E-state index in [-0.39, 0.29) is 11.6 Å². The molecule has 0 radical (unpaired) electrons. The Hall–Kier alpha value is -2.19. The van der Waals surface area contributed by atoms with Gasteiger partial charge in [0, 0.05) is 12.1 Å². The molecule has 22 heavy (non-hydrogen) atoms. The van der Waals surface area contributed by atoms with Crippen molar-refractivity contribution in [2.24, 2.45) is 0 Å². The van der Waals surface area contributed by atoms with Crippen LogP contribution in [0.4, 0.5) is 0 Å². The highest BCUT2D eigenvalue weighted by Crippen LogP contribution is 2.34. The fourth-order valence-corrected chi connectivity index (χ4v) is 1.90. The van der Waals surface area contributed by atoms with Gasteiger partial charge in [-0.25, -0.2) is 0 Å². The fourth-order valence-electron chi connectivity index (χ4n) is 1.69. The summed E-state index contributed by atoms with van der Waals surface area (Å²) >= 11 is 6.15. The second-order valence-electron chi connectivity index (χ2n) is 4.68. The maximum atomic E-state index is 12.0. The zero-order valence-electron chi connectivity index (χ0n) is 13.1. The number of amides is 1. The van der Waals surface area contributed by atoms with Crippen LogP contribution >= 0.6 is 11.6 Å². The summed E-state index contributed by atoms with van der Waals surface area (Å²) in [5.41, 5.74) is 0.490. The summed E-state index contributed by atoms with van der Waals surface area (Å²) in [4.78, 5) is 12.0. The number of ether oxygens (including phenoxy) is 2. The lowest BCUT2D eigenvalue weighted by Gasteiger charge is -2.12. The lowest BCUT2D eigenvalue weighted by atomic mass is 10.1. The van der Waals surface area contributed by atoms with Crippen molar-refractivity contribution >= 4 is 23.6 Å². The van der Waals surface area contributed by atoms with Gasteiger partial charge in [0.2, 0.25) is 0 Å². The summed E-state index contributed by atoms with van der Waals surface area (Å²) < 4.78 is 10.3. The number of carbonyl (C=O) groups is 1. The SMILES string of the molecule is CC[C@@H](C)NC(=O)/C(C#N)=C/c1cc(OC)c(OC)cc1Cl. The molecule has 1 amide bonds. The van der Waals surface area contributed by atoms with Gasteiger partial charge in [-0.05, 0) is 31.1 Å². The summed E-state index contributed by atoms with van der Waals surface area (Å²) in [5, 5.41) is 12.3. The topological polar surface area (TPSA) is 71.4 Å². The van der Waals surface area contributed by atoms with E-state index in [1.165, 1.54) is 20.3 Å². The number of benzene rings is 1. The maximum Gasteiger partial charge on any atom is 0.262 e. The van der Waals surface area contributed by atoms with Crippen LogP contribution in [-0.4, -0.2) is 26.2 Å². The molecule has 5 nitrogen and oxygen atoms in total. The monoisotopic (exact) mass is 322 g/mol. The van der Waals surface area contributed by atoms with Gasteiger partial charge in [-0.3, -0.25) is 4.79 Å². The second kappa shape index (κ2) is 8.30. The molecule has 0 aliphatic heterocycles. The van der Waals surface area contributed by atoms with Crippen molar-refractivity contribution in [2.45, 2.75) is 26.3 Å². The van der Waals surface area contributed by atoms with Crippen LogP contribution < -0.4 is 14.8 Å². The number of hydrogen-bond acceptors (Lipinski definition) is 4. The van der Waals surface area contributed by atoms with Gasteiger partial charge in [-0.2, -0.15) is 5.26 Å². The summed E-state index contributed by atoms with van der Waals surface area (Å²) in [5.74, 6) is 0.521. The van der Waals surface area contributed by atoms with Crippen LogP contribution in [-0.2, 0) is 4.79 Å². The highest BCUT2D eigenvalue weighted by Gasteiger charge is 2.14. The van der Waals surface area contributed by atoms with Gasteiger partial charge in [-0.1, -0.05) is 18.5 Å². The molecule has 0 heterocycles. The Labute approximate surface area is 135 Å². The standard InChI is InChI=1S/C16H19ClN2O3/c1-5-10(2)19-16(20)12(9-18)6-11-7-14(21-3)15(22-4)8-13(11)17/h6-8,10H,5H2,1-4H3,(H,19,20)/b12-6+/t10-/m1/s1. The van der Waals surface area contributed by atoms with Crippen LogP contribution in [0.2, 0.25) is 5.02 Å². The minimum Gasteiger partial charge on any atom is -0.493 e. The van der Waals surface area contributed by atoms with Gasteiger partial charge >= 0.3 is 0 Å². The number of carbonyl (C=O) groups excluding carboxylic acids is 1. The van der Waals surface area contributed by atoms with Crippen LogP contribution in [0.15, 0.2) is 17.7 Å². The quantitative estimate of drug-likeness (QED) is 0.645. The molecule has 1 aromatic rings. The van der Waals surface area contributed by atoms with Gasteiger partial charge in [-0.15, -0.1) is 0 Å². The zero-order valence-corrected chi connectivity index (χ0v) is 13.8. The van der Waals surface area contributed by atoms with E-state index >= 15 is 0 Å². The number of rotatable bonds is 6. The molecule has 6 heteroatoms. The van der Waals surface area contributed by atoms with E-state index in [0.29, 0.717) is 22.1 Å². The van der Waals surface area contributed by atoms with Gasteiger partial charge in [0.05, 0.1) is 19.2 Å². The van der Waals surface area contributed by atoms with Crippen molar-refractivity contribution < 1.29 is 14.3 Å². The van der Waals surface area contributed by atoms with Crippen molar-refractivity contribution in [1.82, 2.24) is 5.32 Å². The predicted molar refractivity (Wildman–Crippen MR) is 86.0 cm³/mol. The molecule has 0 unspecified atom stereocenters. The van der Waals surface area contributed by atoms with E-state index in [2.05, 4.69) is 5.32 Å². The third-order valence-electron chi connectivity index (χ3n) is 3.16. The van der Waals surface area contributed by atoms with E-state index in [9.17, 15) is 10.1 Å². The zero-order chi connectivity index (χ0) is 16.7. The largest absolute Gasteiger partial charge is 0.493 e. The molecule has 1 atom stereocenters. The van der Waals surface area contributed by atoms with Crippen molar-refractivity contribution in [1.29, 1.82) is 5.26 Å². The molecule has 0 aromatic heterocycles. The van der Waals surface area contributed by atoms with Gasteiger partial charge < -0.3 is 14.8 Å². The molecule has 118 valence electrons. The number of nitriles is 1. The Morgan fingerprint density at radius 2 is 2.00 bits per heavy atom. The Bertz CT molecular complexity index is 621. The smallest absolute Gasteiger partial charge is 0.262 e. The molecular formula is C16H19ClN2O3. The molecule has 0 saturated heterocycles. The average molecular weight is 323 g/mol. The summed E-state index contributed by atoms with van der Waals surface area (Å²) in [6.07, 6.45) is 2.21. The number of halogens is 1. The van der Waals surface area contributed by atoms with E-state index in [1.807, 2.05) is 19.9 Å². The summed E-state index contributed by atoms with van der Waals surface area (Å²) in [6, 6.07) is 5.08. The number of nitrogens with one attached hydrogen (secondary N) is 1. The molecule has 1 aromatic carbocycles. The first-order chi connectivity index (χ1) is 10.5. The first kappa shape index (κ1) is 17.9. The van der Waals surface area contributed by atoms with Crippen molar-refractivity contribution in [3.05, 3.63) is 28.3 Å². The summed E-state index contributed by atoms with van der Waals surface area (Å²) in [6.45, 7) is 3.82. The number of hydrogen-bond donors (Lipinski definition) is 1. The molecule has 0 saturated carbocycles. The minimum absolute atomic E-state index is 0.00914. The predicted octanol–water partition coefficient (Wildman–Crippen LogP) is 3.18. The Morgan fingerprint density at radius 1 is 1.41 bits per heavy atom. The Kier molecular flexibility index (Phi) is 6.74. The second-order valence-corrected chi connectivity index (χ2v) is 5.09. The highest BCUT2D eigenvalue weighted by molar-refractivity contribution is 6.32. The minimum atomic E-state index is -0.428. The molecule has 0 aliphatic rings. The van der Waals surface area contributed by atoms with E-state index in [1.54, 1.807) is 12.1 Å². The van der Waals surface area contributed by atoms with Crippen LogP contribution in [0.5, 0.6) is 11.5 Å². The highest BCUT2D eigenvalue weighted by atomic mass is 35.5. The third kappa shape index (κ3) is 4.40. The van der Waals surface area contributed by atoms with Gasteiger partial charge in [0.25, 0.3) is 5.91 Å². The van der Waals surface area contributed by atoms with E-state index < -0.39 is 5.91 Å². The van der Waals surface area contributed by atoms with Crippen LogP contribution in [0.3, 0.4) is 0 Å². The molecule has 0 spiro atoms. The molecular weight excluding hydrogens is 304 g/mol.